The standard InChI is InChI=1S/C19H17F4NO2/c1-26-15-8-16(22)18(17(23)9-15)19(25)24-3-2-11(10-24)4-12-5-13(20)7-14(21)6-12/h5-9,11H,2-4,10H2,1H3. The second-order valence-electron chi connectivity index (χ2n) is 6.35. The van der Waals surface area contributed by atoms with Gasteiger partial charge in [-0.25, -0.2) is 17.6 Å². The number of hydrogen-bond donors (Lipinski definition) is 0. The van der Waals surface area contributed by atoms with Gasteiger partial charge in [-0.3, -0.25) is 4.79 Å². The lowest BCUT2D eigenvalue weighted by atomic mass is 9.98. The first-order valence-corrected chi connectivity index (χ1v) is 8.14. The molecule has 1 atom stereocenters. The number of halogens is 4. The predicted molar refractivity (Wildman–Crippen MR) is 87.0 cm³/mol. The second-order valence-corrected chi connectivity index (χ2v) is 6.35. The van der Waals surface area contributed by atoms with E-state index in [0.29, 0.717) is 24.9 Å². The maximum absolute atomic E-state index is 14.1. The van der Waals surface area contributed by atoms with Gasteiger partial charge in [0.2, 0.25) is 0 Å². The molecule has 1 saturated heterocycles. The molecular weight excluding hydrogens is 350 g/mol. The van der Waals surface area contributed by atoms with Gasteiger partial charge in [0.25, 0.3) is 5.91 Å². The molecule has 0 saturated carbocycles. The van der Waals surface area contributed by atoms with Crippen molar-refractivity contribution >= 4 is 5.91 Å². The number of carbonyl (C=O) groups excluding carboxylic acids is 1. The van der Waals surface area contributed by atoms with E-state index in [1.807, 2.05) is 0 Å². The van der Waals surface area contributed by atoms with Crippen molar-refractivity contribution in [3.05, 3.63) is 64.7 Å². The molecule has 0 aromatic heterocycles. The summed E-state index contributed by atoms with van der Waals surface area (Å²) in [7, 11) is 1.27. The van der Waals surface area contributed by atoms with Crippen molar-refractivity contribution in [1.82, 2.24) is 4.90 Å². The number of amides is 1. The zero-order valence-corrected chi connectivity index (χ0v) is 14.1. The van der Waals surface area contributed by atoms with Crippen molar-refractivity contribution < 1.29 is 27.1 Å². The number of ether oxygens (including phenoxy) is 1. The minimum atomic E-state index is -0.984. The Morgan fingerprint density at radius 1 is 1.08 bits per heavy atom. The number of benzene rings is 2. The maximum Gasteiger partial charge on any atom is 0.259 e. The Morgan fingerprint density at radius 3 is 2.27 bits per heavy atom. The summed E-state index contributed by atoms with van der Waals surface area (Å²) < 4.78 is 59.5. The van der Waals surface area contributed by atoms with Crippen molar-refractivity contribution in [2.75, 3.05) is 20.2 Å². The van der Waals surface area contributed by atoms with E-state index in [2.05, 4.69) is 0 Å². The highest BCUT2D eigenvalue weighted by atomic mass is 19.1. The lowest BCUT2D eigenvalue weighted by Gasteiger charge is -2.18. The van der Waals surface area contributed by atoms with Gasteiger partial charge in [-0.1, -0.05) is 0 Å². The van der Waals surface area contributed by atoms with Crippen LogP contribution in [0.3, 0.4) is 0 Å². The van der Waals surface area contributed by atoms with Crippen LogP contribution in [0.25, 0.3) is 0 Å². The van der Waals surface area contributed by atoms with Crippen molar-refractivity contribution in [2.24, 2.45) is 5.92 Å². The van der Waals surface area contributed by atoms with Gasteiger partial charge < -0.3 is 9.64 Å². The normalized spacial score (nSPS) is 16.8. The van der Waals surface area contributed by atoms with E-state index < -0.39 is 34.7 Å². The maximum atomic E-state index is 14.1. The Bertz CT molecular complexity index is 797. The highest BCUT2D eigenvalue weighted by Gasteiger charge is 2.30. The molecule has 0 aliphatic carbocycles. The van der Waals surface area contributed by atoms with Crippen molar-refractivity contribution in [2.45, 2.75) is 12.8 Å². The summed E-state index contributed by atoms with van der Waals surface area (Å²) in [4.78, 5) is 13.8. The molecule has 1 aliphatic rings. The lowest BCUT2D eigenvalue weighted by Crippen LogP contribution is -2.30. The van der Waals surface area contributed by atoms with Gasteiger partial charge in [0.1, 0.15) is 34.6 Å². The van der Waals surface area contributed by atoms with Crippen LogP contribution in [0.5, 0.6) is 5.75 Å². The van der Waals surface area contributed by atoms with Gasteiger partial charge in [0, 0.05) is 31.3 Å². The van der Waals surface area contributed by atoms with Gasteiger partial charge in [0.15, 0.2) is 0 Å². The van der Waals surface area contributed by atoms with Crippen LogP contribution in [0, 0.1) is 29.2 Å². The van der Waals surface area contributed by atoms with Crippen molar-refractivity contribution in [3.8, 4) is 5.75 Å². The van der Waals surface area contributed by atoms with Crippen LogP contribution in [0.4, 0.5) is 17.6 Å². The summed E-state index contributed by atoms with van der Waals surface area (Å²) in [6, 6.07) is 5.20. The monoisotopic (exact) mass is 367 g/mol. The molecule has 1 unspecified atom stereocenters. The zero-order chi connectivity index (χ0) is 18.8. The number of hydrogen-bond acceptors (Lipinski definition) is 2. The van der Waals surface area contributed by atoms with E-state index in [9.17, 15) is 22.4 Å². The van der Waals surface area contributed by atoms with Crippen molar-refractivity contribution in [1.29, 1.82) is 0 Å². The first kappa shape index (κ1) is 18.2. The quantitative estimate of drug-likeness (QED) is 0.766. The first-order chi connectivity index (χ1) is 12.4. The van der Waals surface area contributed by atoms with Crippen LogP contribution in [-0.4, -0.2) is 31.0 Å². The van der Waals surface area contributed by atoms with Gasteiger partial charge in [-0.2, -0.15) is 0 Å². The van der Waals surface area contributed by atoms with Crippen molar-refractivity contribution in [3.63, 3.8) is 0 Å². The molecule has 1 heterocycles. The molecule has 3 nitrogen and oxygen atoms in total. The molecule has 0 radical (unpaired) electrons. The molecule has 7 heteroatoms. The number of methoxy groups -OCH3 is 1. The fourth-order valence-electron chi connectivity index (χ4n) is 3.28. The Morgan fingerprint density at radius 2 is 1.69 bits per heavy atom. The molecule has 1 amide bonds. The molecule has 26 heavy (non-hydrogen) atoms. The third kappa shape index (κ3) is 3.81. The fraction of sp³-hybridized carbons (Fsp3) is 0.316. The fourth-order valence-corrected chi connectivity index (χ4v) is 3.28. The largest absolute Gasteiger partial charge is 0.497 e. The van der Waals surface area contributed by atoms with E-state index in [4.69, 9.17) is 4.74 Å². The summed E-state index contributed by atoms with van der Waals surface area (Å²) >= 11 is 0. The highest BCUT2D eigenvalue weighted by Crippen LogP contribution is 2.26. The van der Waals surface area contributed by atoms with Crippen LogP contribution < -0.4 is 4.74 Å². The summed E-state index contributed by atoms with van der Waals surface area (Å²) in [5.41, 5.74) is -0.133. The van der Waals surface area contributed by atoms with Gasteiger partial charge >= 0.3 is 0 Å². The van der Waals surface area contributed by atoms with Gasteiger partial charge in [-0.15, -0.1) is 0 Å². The molecule has 2 aromatic carbocycles. The summed E-state index contributed by atoms with van der Waals surface area (Å²) in [5.74, 6) is -4.07. The van der Waals surface area contributed by atoms with E-state index >= 15 is 0 Å². The third-order valence-corrected chi connectivity index (χ3v) is 4.48. The van der Waals surface area contributed by atoms with Crippen LogP contribution in [-0.2, 0) is 6.42 Å². The molecule has 2 aromatic rings. The number of nitrogens with zero attached hydrogens (tertiary/aromatic N) is 1. The van der Waals surface area contributed by atoms with Crippen LogP contribution in [0.2, 0.25) is 0 Å². The molecule has 0 N–H and O–H groups in total. The summed E-state index contributed by atoms with van der Waals surface area (Å²) in [5, 5.41) is 0. The number of carbonyl (C=O) groups is 1. The average molecular weight is 367 g/mol. The van der Waals surface area contributed by atoms with E-state index in [-0.39, 0.29) is 18.2 Å². The van der Waals surface area contributed by atoms with Crippen LogP contribution >= 0.6 is 0 Å². The Kier molecular flexibility index (Phi) is 5.15. The Labute approximate surface area is 148 Å². The Balaban J connectivity index is 1.71. The molecule has 0 bridgehead atoms. The molecule has 1 aliphatic heterocycles. The number of rotatable bonds is 4. The van der Waals surface area contributed by atoms with Gasteiger partial charge in [0.05, 0.1) is 7.11 Å². The average Bonchev–Trinajstić information content (AvgIpc) is 3.01. The highest BCUT2D eigenvalue weighted by molar-refractivity contribution is 5.95. The van der Waals surface area contributed by atoms with Crippen LogP contribution in [0.15, 0.2) is 30.3 Å². The first-order valence-electron chi connectivity index (χ1n) is 8.14. The smallest absolute Gasteiger partial charge is 0.259 e. The second kappa shape index (κ2) is 7.35. The lowest BCUT2D eigenvalue weighted by molar-refractivity contribution is 0.0777. The minimum absolute atomic E-state index is 0.0102. The molecule has 1 fully saturated rings. The van der Waals surface area contributed by atoms with E-state index in [1.165, 1.54) is 24.1 Å². The SMILES string of the molecule is COc1cc(F)c(C(=O)N2CCC(Cc3cc(F)cc(F)c3)C2)c(F)c1. The summed E-state index contributed by atoms with van der Waals surface area (Å²) in [6.07, 6.45) is 0.968. The van der Waals surface area contributed by atoms with E-state index in [1.54, 1.807) is 0 Å². The summed E-state index contributed by atoms with van der Waals surface area (Å²) in [6.45, 7) is 0.591. The molecule has 0 spiro atoms. The van der Waals surface area contributed by atoms with Gasteiger partial charge in [-0.05, 0) is 36.5 Å². The van der Waals surface area contributed by atoms with E-state index in [0.717, 1.165) is 18.2 Å². The Hall–Kier alpha value is -2.57. The topological polar surface area (TPSA) is 29.5 Å². The third-order valence-electron chi connectivity index (χ3n) is 4.48. The molecule has 138 valence electrons. The zero-order valence-electron chi connectivity index (χ0n) is 14.1. The predicted octanol–water partition coefficient (Wildman–Crippen LogP) is 3.96. The van der Waals surface area contributed by atoms with Crippen LogP contribution in [0.1, 0.15) is 22.3 Å². The molecular formula is C19H17F4NO2. The minimum Gasteiger partial charge on any atom is -0.497 e. The number of likely N-dealkylation sites (tertiary alicyclic amines) is 1. The molecule has 3 rings (SSSR count).